The Labute approximate surface area is 212 Å². The number of aryl methyl sites for hydroxylation is 1. The molecule has 36 heavy (non-hydrogen) atoms. The van der Waals surface area contributed by atoms with Crippen LogP contribution in [-0.4, -0.2) is 61.1 Å². The van der Waals surface area contributed by atoms with Gasteiger partial charge in [-0.3, -0.25) is 4.79 Å². The van der Waals surface area contributed by atoms with Gasteiger partial charge < -0.3 is 34.8 Å². The molecule has 0 radical (unpaired) electrons. The third-order valence-electron chi connectivity index (χ3n) is 6.52. The van der Waals surface area contributed by atoms with Crippen molar-refractivity contribution in [1.29, 1.82) is 0 Å². The highest BCUT2D eigenvalue weighted by Gasteiger charge is 2.53. The maximum absolute atomic E-state index is 11.7. The van der Waals surface area contributed by atoms with E-state index in [2.05, 4.69) is 5.92 Å². The monoisotopic (exact) mass is 511 g/mol. The molecular weight excluding hydrogens is 486 g/mol. The molecule has 3 aromatic rings. The Morgan fingerprint density at radius 1 is 1.08 bits per heavy atom. The van der Waals surface area contributed by atoms with Crippen molar-refractivity contribution >= 4 is 11.6 Å². The van der Waals surface area contributed by atoms with Gasteiger partial charge in [0.2, 0.25) is 11.3 Å². The van der Waals surface area contributed by atoms with Crippen LogP contribution in [-0.2, 0) is 17.6 Å². The Morgan fingerprint density at radius 2 is 1.75 bits per heavy atom. The Balaban J connectivity index is 1.70. The van der Waals surface area contributed by atoms with Crippen LogP contribution in [0.3, 0.4) is 0 Å². The zero-order chi connectivity index (χ0) is 26.2. The Morgan fingerprint density at radius 3 is 2.36 bits per heavy atom. The van der Waals surface area contributed by atoms with Gasteiger partial charge in [0, 0.05) is 29.9 Å². The molecule has 0 saturated carbocycles. The second kappa shape index (κ2) is 10.2. The molecule has 6 atom stereocenters. The van der Waals surface area contributed by atoms with Crippen LogP contribution in [0.2, 0.25) is 5.02 Å². The number of aliphatic hydroxyl groups excluding tert-OH is 4. The van der Waals surface area contributed by atoms with Crippen molar-refractivity contribution in [1.82, 2.24) is 4.57 Å². The second-order valence-electron chi connectivity index (χ2n) is 8.79. The van der Waals surface area contributed by atoms with E-state index in [4.69, 9.17) is 22.8 Å². The molecule has 188 valence electrons. The molecule has 2 heterocycles. The lowest BCUT2D eigenvalue weighted by Gasteiger charge is -2.45. The zero-order valence-corrected chi connectivity index (χ0v) is 20.1. The number of ether oxygens (including phenoxy) is 1. The van der Waals surface area contributed by atoms with Crippen LogP contribution >= 0.6 is 11.6 Å². The lowest BCUT2D eigenvalue weighted by molar-refractivity contribution is -0.357. The third kappa shape index (κ3) is 4.59. The Kier molecular flexibility index (Phi) is 7.36. The summed E-state index contributed by atoms with van der Waals surface area (Å²) >= 11 is 6.47. The molecule has 0 bridgehead atoms. The van der Waals surface area contributed by atoms with E-state index in [0.29, 0.717) is 10.6 Å². The van der Waals surface area contributed by atoms with Crippen LogP contribution in [0.5, 0.6) is 0 Å². The fourth-order valence-electron chi connectivity index (χ4n) is 4.38. The molecule has 1 aliphatic rings. The number of aromatic nitrogens is 1. The molecule has 4 rings (SSSR count). The van der Waals surface area contributed by atoms with Gasteiger partial charge in [-0.05, 0) is 40.5 Å². The standard InChI is InChI=1S/C27H26ClNO7/c1-3-19(16-6-4-15(5-7-16)17-8-11-23(31)29(2)13-17)20-12-18(9-10-21(20)28)27(35)26(34)25(33)24(32)22(14-30)36-27/h1,4-13,19,22,24-26,30,32-35H,14H2,2H3/t19?,22-,24-,25+,26-,27-/m1/s1. The fraction of sp³-hybridized carbons (Fsp3) is 0.296. The van der Waals surface area contributed by atoms with Gasteiger partial charge in [0.1, 0.15) is 24.4 Å². The minimum Gasteiger partial charge on any atom is -0.394 e. The molecule has 0 aliphatic carbocycles. The van der Waals surface area contributed by atoms with Crippen LogP contribution < -0.4 is 5.56 Å². The molecular formula is C27H26ClNO7. The van der Waals surface area contributed by atoms with E-state index >= 15 is 0 Å². The number of rotatable bonds is 5. The van der Waals surface area contributed by atoms with Gasteiger partial charge in [-0.25, -0.2) is 0 Å². The van der Waals surface area contributed by atoms with Gasteiger partial charge in [-0.15, -0.1) is 6.42 Å². The first-order valence-electron chi connectivity index (χ1n) is 11.2. The lowest BCUT2D eigenvalue weighted by Crippen LogP contribution is -2.63. The van der Waals surface area contributed by atoms with Crippen LogP contribution in [0.15, 0.2) is 65.6 Å². The highest BCUT2D eigenvalue weighted by atomic mass is 35.5. The quantitative estimate of drug-likeness (QED) is 0.324. The summed E-state index contributed by atoms with van der Waals surface area (Å²) in [5, 5.41) is 51.7. The molecule has 1 aliphatic heterocycles. The average molecular weight is 512 g/mol. The highest BCUT2D eigenvalue weighted by Crippen LogP contribution is 2.40. The largest absolute Gasteiger partial charge is 0.394 e. The summed E-state index contributed by atoms with van der Waals surface area (Å²) in [6, 6.07) is 15.0. The molecule has 0 amide bonds. The maximum atomic E-state index is 11.7. The summed E-state index contributed by atoms with van der Waals surface area (Å²) in [5.74, 6) is -0.375. The maximum Gasteiger partial charge on any atom is 0.250 e. The zero-order valence-electron chi connectivity index (χ0n) is 19.3. The van der Waals surface area contributed by atoms with Gasteiger partial charge in [-0.1, -0.05) is 47.9 Å². The first-order valence-corrected chi connectivity index (χ1v) is 11.6. The summed E-state index contributed by atoms with van der Waals surface area (Å²) in [6.45, 7) is -0.692. The highest BCUT2D eigenvalue weighted by molar-refractivity contribution is 6.31. The number of halogens is 1. The summed E-state index contributed by atoms with van der Waals surface area (Å²) in [7, 11) is 1.67. The lowest BCUT2D eigenvalue weighted by atomic mass is 9.85. The Bertz CT molecular complexity index is 1350. The molecule has 1 fully saturated rings. The molecule has 1 saturated heterocycles. The van der Waals surface area contributed by atoms with Crippen molar-refractivity contribution in [2.75, 3.05) is 6.61 Å². The summed E-state index contributed by atoms with van der Waals surface area (Å²) in [5.41, 5.74) is 2.83. The minimum atomic E-state index is -2.43. The fourth-order valence-corrected chi connectivity index (χ4v) is 4.61. The topological polar surface area (TPSA) is 132 Å². The number of benzene rings is 2. The molecule has 1 unspecified atom stereocenters. The molecule has 9 heteroatoms. The van der Waals surface area contributed by atoms with Gasteiger partial charge in [0.05, 0.1) is 12.5 Å². The SMILES string of the molecule is C#CC(c1ccc(-c2ccc(=O)n(C)c2)cc1)c1cc([C@@]2(O)O[C@H](CO)[C@@H](O)[C@H](O)[C@H]2O)ccc1Cl. The van der Waals surface area contributed by atoms with E-state index < -0.39 is 42.7 Å². The van der Waals surface area contributed by atoms with Crippen molar-refractivity contribution in [3.05, 3.63) is 92.9 Å². The number of hydrogen-bond acceptors (Lipinski definition) is 7. The van der Waals surface area contributed by atoms with Crippen LogP contribution in [0, 0.1) is 12.3 Å². The number of nitrogens with zero attached hydrogens (tertiary/aromatic N) is 1. The van der Waals surface area contributed by atoms with E-state index in [9.17, 15) is 30.3 Å². The first kappa shape index (κ1) is 26.1. The molecule has 5 N–H and O–H groups in total. The van der Waals surface area contributed by atoms with Gasteiger partial charge in [-0.2, -0.15) is 0 Å². The van der Waals surface area contributed by atoms with Gasteiger partial charge >= 0.3 is 0 Å². The van der Waals surface area contributed by atoms with E-state index in [1.54, 1.807) is 19.3 Å². The predicted octanol–water partition coefficient (Wildman–Crippen LogP) is 1.09. The van der Waals surface area contributed by atoms with Crippen LogP contribution in [0.25, 0.3) is 11.1 Å². The average Bonchev–Trinajstić information content (AvgIpc) is 2.88. The van der Waals surface area contributed by atoms with E-state index in [1.807, 2.05) is 24.3 Å². The number of terminal acetylenes is 1. The Hall–Kier alpha value is -3.00. The number of aliphatic hydroxyl groups is 5. The number of hydrogen-bond donors (Lipinski definition) is 5. The van der Waals surface area contributed by atoms with Gasteiger partial charge in [0.25, 0.3) is 0 Å². The molecule has 8 nitrogen and oxygen atoms in total. The smallest absolute Gasteiger partial charge is 0.250 e. The normalized spacial score (nSPS) is 26.8. The second-order valence-corrected chi connectivity index (χ2v) is 9.19. The van der Waals surface area contributed by atoms with Crippen molar-refractivity contribution < 1.29 is 30.3 Å². The van der Waals surface area contributed by atoms with E-state index in [0.717, 1.165) is 16.7 Å². The first-order chi connectivity index (χ1) is 17.1. The summed E-state index contributed by atoms with van der Waals surface area (Å²) in [6.07, 6.45) is 0.995. The van der Waals surface area contributed by atoms with E-state index in [-0.39, 0.29) is 11.1 Å². The van der Waals surface area contributed by atoms with Crippen LogP contribution in [0.1, 0.15) is 22.6 Å². The van der Waals surface area contributed by atoms with Crippen LogP contribution in [0.4, 0.5) is 0 Å². The van der Waals surface area contributed by atoms with Crippen molar-refractivity contribution in [2.24, 2.45) is 7.05 Å². The summed E-state index contributed by atoms with van der Waals surface area (Å²) in [4.78, 5) is 11.7. The minimum absolute atomic E-state index is 0.0425. The van der Waals surface area contributed by atoms with Crippen molar-refractivity contribution in [2.45, 2.75) is 36.1 Å². The predicted molar refractivity (Wildman–Crippen MR) is 133 cm³/mol. The summed E-state index contributed by atoms with van der Waals surface area (Å²) < 4.78 is 6.92. The van der Waals surface area contributed by atoms with Crippen molar-refractivity contribution in [3.8, 4) is 23.5 Å². The van der Waals surface area contributed by atoms with Crippen molar-refractivity contribution in [3.63, 3.8) is 0 Å². The molecule has 0 spiro atoms. The number of pyridine rings is 1. The molecule has 1 aromatic heterocycles. The van der Waals surface area contributed by atoms with E-state index in [1.165, 1.54) is 28.8 Å². The third-order valence-corrected chi connectivity index (χ3v) is 6.86. The molecule has 2 aromatic carbocycles. The van der Waals surface area contributed by atoms with Gasteiger partial charge in [0.15, 0.2) is 0 Å².